The summed E-state index contributed by atoms with van der Waals surface area (Å²) < 4.78 is 7.65. The van der Waals surface area contributed by atoms with Gasteiger partial charge in [-0.1, -0.05) is 27.7 Å². The minimum absolute atomic E-state index is 0.267. The van der Waals surface area contributed by atoms with Gasteiger partial charge in [0.05, 0.1) is 13.1 Å². The van der Waals surface area contributed by atoms with Crippen molar-refractivity contribution in [1.82, 2.24) is 30.3 Å². The third kappa shape index (κ3) is 3.19. The number of rotatable bonds is 5. The molecule has 0 aliphatic carbocycles. The molecule has 2 aromatic heterocycles. The maximum atomic E-state index is 5.62. The Labute approximate surface area is 130 Å². The van der Waals surface area contributed by atoms with Crippen molar-refractivity contribution in [1.29, 1.82) is 0 Å². The summed E-state index contributed by atoms with van der Waals surface area (Å²) in [6.45, 7) is 9.79. The van der Waals surface area contributed by atoms with Crippen molar-refractivity contribution in [3.63, 3.8) is 0 Å². The topological polar surface area (TPSA) is 81.7 Å². The molecular formula is C15H24N6O. The zero-order chi connectivity index (χ0) is 15.7. The van der Waals surface area contributed by atoms with Gasteiger partial charge in [0, 0.05) is 24.3 Å². The molecule has 0 fully saturated rings. The number of nitrogens with zero attached hydrogens (tertiary/aromatic N) is 5. The molecule has 0 spiro atoms. The fourth-order valence-corrected chi connectivity index (χ4v) is 2.54. The standard InChI is InChI=1S/C15H24N6O/c1-9(2)14-17-12-6-5-11(8-21(12)20-14)16-7-13-18-19-15(22-13)10(3)4/h9-11,16H,5-8H2,1-4H3/t11-/m0/s1. The van der Waals surface area contributed by atoms with Crippen LogP contribution >= 0.6 is 0 Å². The SMILES string of the molecule is CC(C)c1nc2n(n1)C[C@@H](NCc1nnc(C(C)C)o1)CC2. The van der Waals surface area contributed by atoms with Crippen LogP contribution in [0.15, 0.2) is 4.42 Å². The third-order valence-electron chi connectivity index (χ3n) is 3.91. The molecule has 0 saturated carbocycles. The Morgan fingerprint density at radius 3 is 2.73 bits per heavy atom. The van der Waals surface area contributed by atoms with E-state index in [1.165, 1.54) is 0 Å². The molecule has 1 atom stereocenters. The summed E-state index contributed by atoms with van der Waals surface area (Å²) in [4.78, 5) is 4.61. The van der Waals surface area contributed by atoms with Crippen molar-refractivity contribution in [2.24, 2.45) is 0 Å². The maximum absolute atomic E-state index is 5.62. The highest BCUT2D eigenvalue weighted by Crippen LogP contribution is 2.17. The molecule has 0 amide bonds. The molecule has 7 heteroatoms. The van der Waals surface area contributed by atoms with Gasteiger partial charge in [-0.2, -0.15) is 5.10 Å². The van der Waals surface area contributed by atoms with Crippen LogP contribution in [0.4, 0.5) is 0 Å². The minimum atomic E-state index is 0.267. The first kappa shape index (κ1) is 15.1. The van der Waals surface area contributed by atoms with Gasteiger partial charge in [0.2, 0.25) is 11.8 Å². The normalized spacial score (nSPS) is 18.2. The molecule has 0 aromatic carbocycles. The van der Waals surface area contributed by atoms with Crippen molar-refractivity contribution in [2.45, 2.75) is 71.5 Å². The molecule has 0 unspecified atom stereocenters. The molecule has 7 nitrogen and oxygen atoms in total. The first-order valence-corrected chi connectivity index (χ1v) is 8.02. The highest BCUT2D eigenvalue weighted by molar-refractivity contribution is 5.01. The molecule has 0 radical (unpaired) electrons. The van der Waals surface area contributed by atoms with Crippen LogP contribution < -0.4 is 5.32 Å². The Morgan fingerprint density at radius 2 is 2.05 bits per heavy atom. The zero-order valence-corrected chi connectivity index (χ0v) is 13.7. The average Bonchev–Trinajstić information content (AvgIpc) is 3.11. The molecule has 0 bridgehead atoms. The number of aromatic nitrogens is 5. The van der Waals surface area contributed by atoms with Crippen LogP contribution in [0, 0.1) is 0 Å². The van der Waals surface area contributed by atoms with Gasteiger partial charge in [0.15, 0.2) is 5.82 Å². The lowest BCUT2D eigenvalue weighted by molar-refractivity contribution is 0.335. The van der Waals surface area contributed by atoms with E-state index in [1.807, 2.05) is 18.5 Å². The number of hydrogen-bond donors (Lipinski definition) is 1. The predicted octanol–water partition coefficient (Wildman–Crippen LogP) is 2.01. The Bertz CT molecular complexity index is 630. The van der Waals surface area contributed by atoms with Crippen LogP contribution in [0.1, 0.15) is 69.4 Å². The lowest BCUT2D eigenvalue weighted by Crippen LogP contribution is -2.37. The summed E-state index contributed by atoms with van der Waals surface area (Å²) in [6, 6.07) is 0.364. The molecule has 3 heterocycles. The van der Waals surface area contributed by atoms with Crippen molar-refractivity contribution < 1.29 is 4.42 Å². The molecular weight excluding hydrogens is 280 g/mol. The van der Waals surface area contributed by atoms with Gasteiger partial charge in [-0.05, 0) is 6.42 Å². The first-order valence-electron chi connectivity index (χ1n) is 8.02. The number of hydrogen-bond acceptors (Lipinski definition) is 6. The van der Waals surface area contributed by atoms with Crippen molar-refractivity contribution in [2.75, 3.05) is 0 Å². The van der Waals surface area contributed by atoms with E-state index >= 15 is 0 Å². The number of fused-ring (bicyclic) bond motifs is 1. The molecule has 1 aliphatic rings. The van der Waals surface area contributed by atoms with Crippen LogP contribution in [0.2, 0.25) is 0 Å². The lowest BCUT2D eigenvalue weighted by Gasteiger charge is -2.22. The Kier molecular flexibility index (Phi) is 4.24. The van der Waals surface area contributed by atoms with Crippen LogP contribution in [0.25, 0.3) is 0 Å². The Balaban J connectivity index is 1.58. The molecule has 120 valence electrons. The molecule has 0 saturated heterocycles. The highest BCUT2D eigenvalue weighted by Gasteiger charge is 2.22. The predicted molar refractivity (Wildman–Crippen MR) is 81.4 cm³/mol. The minimum Gasteiger partial charge on any atom is -0.424 e. The number of nitrogens with one attached hydrogen (secondary N) is 1. The lowest BCUT2D eigenvalue weighted by atomic mass is 10.1. The summed E-state index contributed by atoms with van der Waals surface area (Å²) in [5.41, 5.74) is 0. The number of aryl methyl sites for hydroxylation is 1. The third-order valence-corrected chi connectivity index (χ3v) is 3.91. The smallest absolute Gasteiger partial charge is 0.230 e. The molecule has 3 rings (SSSR count). The van der Waals surface area contributed by atoms with E-state index in [-0.39, 0.29) is 5.92 Å². The zero-order valence-electron chi connectivity index (χ0n) is 13.7. The monoisotopic (exact) mass is 304 g/mol. The molecule has 1 aliphatic heterocycles. The van der Waals surface area contributed by atoms with E-state index in [4.69, 9.17) is 4.42 Å². The van der Waals surface area contributed by atoms with Gasteiger partial charge in [0.25, 0.3) is 0 Å². The van der Waals surface area contributed by atoms with E-state index in [9.17, 15) is 0 Å². The van der Waals surface area contributed by atoms with E-state index in [0.717, 1.165) is 31.0 Å². The average molecular weight is 304 g/mol. The second-order valence-corrected chi connectivity index (χ2v) is 6.53. The van der Waals surface area contributed by atoms with Crippen LogP contribution in [-0.2, 0) is 19.5 Å². The van der Waals surface area contributed by atoms with Crippen molar-refractivity contribution in [3.05, 3.63) is 23.4 Å². The van der Waals surface area contributed by atoms with Crippen molar-refractivity contribution >= 4 is 0 Å². The van der Waals surface area contributed by atoms with Gasteiger partial charge in [-0.15, -0.1) is 10.2 Å². The summed E-state index contributed by atoms with van der Waals surface area (Å²) in [5, 5.41) is 16.2. The van der Waals surface area contributed by atoms with E-state index in [2.05, 4.69) is 39.4 Å². The molecule has 2 aromatic rings. The maximum Gasteiger partial charge on any atom is 0.230 e. The molecule has 1 N–H and O–H groups in total. The van der Waals surface area contributed by atoms with Crippen molar-refractivity contribution in [3.8, 4) is 0 Å². The van der Waals surface area contributed by atoms with E-state index in [0.29, 0.717) is 30.3 Å². The fraction of sp³-hybridized carbons (Fsp3) is 0.733. The Morgan fingerprint density at radius 1 is 1.23 bits per heavy atom. The largest absolute Gasteiger partial charge is 0.424 e. The van der Waals surface area contributed by atoms with Gasteiger partial charge in [-0.25, -0.2) is 9.67 Å². The van der Waals surface area contributed by atoms with Gasteiger partial charge >= 0.3 is 0 Å². The Hall–Kier alpha value is -1.76. The van der Waals surface area contributed by atoms with Gasteiger partial charge < -0.3 is 9.73 Å². The first-order chi connectivity index (χ1) is 10.5. The van der Waals surface area contributed by atoms with Gasteiger partial charge in [0.1, 0.15) is 5.82 Å². The van der Waals surface area contributed by atoms with Gasteiger partial charge in [-0.3, -0.25) is 0 Å². The van der Waals surface area contributed by atoms with Crippen LogP contribution in [0.5, 0.6) is 0 Å². The summed E-state index contributed by atoms with van der Waals surface area (Å²) >= 11 is 0. The summed E-state index contributed by atoms with van der Waals surface area (Å²) in [6.07, 6.45) is 2.01. The van der Waals surface area contributed by atoms with Crippen LogP contribution in [0.3, 0.4) is 0 Å². The van der Waals surface area contributed by atoms with E-state index in [1.54, 1.807) is 0 Å². The molecule has 22 heavy (non-hydrogen) atoms. The second kappa shape index (κ2) is 6.16. The summed E-state index contributed by atoms with van der Waals surface area (Å²) in [5.74, 6) is 4.02. The highest BCUT2D eigenvalue weighted by atomic mass is 16.4. The quantitative estimate of drug-likeness (QED) is 0.910. The van der Waals surface area contributed by atoms with Crippen LogP contribution in [-0.4, -0.2) is 31.0 Å². The van der Waals surface area contributed by atoms with E-state index < -0.39 is 0 Å². The fourth-order valence-electron chi connectivity index (χ4n) is 2.54. The second-order valence-electron chi connectivity index (χ2n) is 6.53. The summed E-state index contributed by atoms with van der Waals surface area (Å²) in [7, 11) is 0.